The molecule has 0 aliphatic heterocycles. The summed E-state index contributed by atoms with van der Waals surface area (Å²) in [4.78, 5) is 0. The highest BCUT2D eigenvalue weighted by Crippen LogP contribution is 2.37. The van der Waals surface area contributed by atoms with Crippen molar-refractivity contribution in [2.45, 2.75) is 25.6 Å². The van der Waals surface area contributed by atoms with Crippen LogP contribution in [0.1, 0.15) is 25.6 Å². The van der Waals surface area contributed by atoms with Crippen LogP contribution in [-0.2, 0) is 0 Å². The SMILES string of the molecule is CC(C)(N)C(F)c1c(Cl)cccc1Br. The highest BCUT2D eigenvalue weighted by molar-refractivity contribution is 9.10. The van der Waals surface area contributed by atoms with Crippen LogP contribution in [-0.4, -0.2) is 5.54 Å². The lowest BCUT2D eigenvalue weighted by molar-refractivity contribution is 0.223. The van der Waals surface area contributed by atoms with Crippen LogP contribution in [0, 0.1) is 0 Å². The second-order valence-corrected chi connectivity index (χ2v) is 5.08. The van der Waals surface area contributed by atoms with Crippen LogP contribution in [0.5, 0.6) is 0 Å². The third kappa shape index (κ3) is 2.47. The number of hydrogen-bond donors (Lipinski definition) is 1. The molecule has 0 fully saturated rings. The molecule has 1 rings (SSSR count). The Kier molecular flexibility index (Phi) is 3.56. The summed E-state index contributed by atoms with van der Waals surface area (Å²) < 4.78 is 14.6. The monoisotopic (exact) mass is 279 g/mol. The molecule has 1 aromatic carbocycles. The van der Waals surface area contributed by atoms with Crippen molar-refractivity contribution < 1.29 is 4.39 Å². The van der Waals surface area contributed by atoms with E-state index in [-0.39, 0.29) is 0 Å². The second kappa shape index (κ2) is 4.17. The lowest BCUT2D eigenvalue weighted by Gasteiger charge is -2.25. The van der Waals surface area contributed by atoms with Crippen molar-refractivity contribution in [3.63, 3.8) is 0 Å². The molecule has 4 heteroatoms. The zero-order chi connectivity index (χ0) is 10.9. The van der Waals surface area contributed by atoms with Crippen LogP contribution >= 0.6 is 27.5 Å². The van der Waals surface area contributed by atoms with E-state index in [4.69, 9.17) is 17.3 Å². The first-order valence-electron chi connectivity index (χ1n) is 4.21. The molecule has 0 amide bonds. The van der Waals surface area contributed by atoms with Gasteiger partial charge in [-0.1, -0.05) is 33.6 Å². The fourth-order valence-electron chi connectivity index (χ4n) is 1.12. The molecular weight excluding hydrogens is 268 g/mol. The van der Waals surface area contributed by atoms with Crippen LogP contribution in [0.25, 0.3) is 0 Å². The first-order valence-corrected chi connectivity index (χ1v) is 5.38. The summed E-state index contributed by atoms with van der Waals surface area (Å²) in [6, 6.07) is 5.16. The van der Waals surface area contributed by atoms with E-state index in [9.17, 15) is 4.39 Å². The summed E-state index contributed by atoms with van der Waals surface area (Å²) in [5.41, 5.74) is 5.18. The fourth-order valence-corrected chi connectivity index (χ4v) is 2.08. The molecule has 14 heavy (non-hydrogen) atoms. The zero-order valence-corrected chi connectivity index (χ0v) is 10.4. The first-order chi connectivity index (χ1) is 6.34. The number of rotatable bonds is 2. The Morgan fingerprint density at radius 2 is 2.07 bits per heavy atom. The Labute approximate surface area is 96.6 Å². The highest BCUT2D eigenvalue weighted by Gasteiger charge is 2.29. The number of hydrogen-bond acceptors (Lipinski definition) is 1. The number of halogens is 3. The zero-order valence-electron chi connectivity index (χ0n) is 8.02. The minimum Gasteiger partial charge on any atom is -0.323 e. The molecule has 2 N–H and O–H groups in total. The molecule has 78 valence electrons. The normalized spacial score (nSPS) is 14.1. The summed E-state index contributed by atoms with van der Waals surface area (Å²) in [7, 11) is 0. The minimum absolute atomic E-state index is 0.394. The van der Waals surface area contributed by atoms with Gasteiger partial charge < -0.3 is 5.73 Å². The average molecular weight is 281 g/mol. The Hall–Kier alpha value is -0.120. The number of alkyl halides is 1. The lowest BCUT2D eigenvalue weighted by Crippen LogP contribution is -2.37. The molecule has 0 aromatic heterocycles. The van der Waals surface area contributed by atoms with Crippen molar-refractivity contribution in [3.8, 4) is 0 Å². The van der Waals surface area contributed by atoms with Gasteiger partial charge in [-0.2, -0.15) is 0 Å². The van der Waals surface area contributed by atoms with Crippen molar-refractivity contribution in [3.05, 3.63) is 33.3 Å². The second-order valence-electron chi connectivity index (χ2n) is 3.82. The molecule has 0 bridgehead atoms. The van der Waals surface area contributed by atoms with Crippen LogP contribution in [0.15, 0.2) is 22.7 Å². The Morgan fingerprint density at radius 1 is 1.50 bits per heavy atom. The summed E-state index contributed by atoms with van der Waals surface area (Å²) in [5, 5.41) is 0.394. The van der Waals surface area contributed by atoms with E-state index in [0.717, 1.165) is 0 Å². The average Bonchev–Trinajstić information content (AvgIpc) is 2.01. The molecule has 1 atom stereocenters. The van der Waals surface area contributed by atoms with Crippen LogP contribution in [0.4, 0.5) is 4.39 Å². The van der Waals surface area contributed by atoms with Gasteiger partial charge in [0.05, 0.1) is 0 Å². The smallest absolute Gasteiger partial charge is 0.145 e. The molecule has 0 saturated heterocycles. The quantitative estimate of drug-likeness (QED) is 0.875. The molecular formula is C10H12BrClFN. The summed E-state index contributed by atoms with van der Waals surface area (Å²) in [6.07, 6.45) is -1.29. The molecule has 1 nitrogen and oxygen atoms in total. The molecule has 0 spiro atoms. The summed E-state index contributed by atoms with van der Waals surface area (Å²) in [6.45, 7) is 3.26. The van der Waals surface area contributed by atoms with Crippen molar-refractivity contribution in [2.75, 3.05) is 0 Å². The third-order valence-corrected chi connectivity index (χ3v) is 2.93. The van der Waals surface area contributed by atoms with Gasteiger partial charge in [0.15, 0.2) is 0 Å². The Bertz CT molecular complexity index is 315. The lowest BCUT2D eigenvalue weighted by atomic mass is 9.94. The standard InChI is InChI=1S/C10H12BrClFN/c1-10(2,14)9(13)8-6(11)4-3-5-7(8)12/h3-5,9H,14H2,1-2H3. The van der Waals surface area contributed by atoms with Gasteiger partial charge in [-0.15, -0.1) is 0 Å². The van der Waals surface area contributed by atoms with E-state index in [2.05, 4.69) is 15.9 Å². The minimum atomic E-state index is -1.29. The number of nitrogens with two attached hydrogens (primary N) is 1. The van der Waals surface area contributed by atoms with Gasteiger partial charge in [0.2, 0.25) is 0 Å². The maximum absolute atomic E-state index is 13.9. The maximum atomic E-state index is 13.9. The number of benzene rings is 1. The Morgan fingerprint density at radius 3 is 2.50 bits per heavy atom. The van der Waals surface area contributed by atoms with Crippen molar-refractivity contribution in [1.82, 2.24) is 0 Å². The molecule has 1 aromatic rings. The van der Waals surface area contributed by atoms with Gasteiger partial charge >= 0.3 is 0 Å². The van der Waals surface area contributed by atoms with Gasteiger partial charge in [-0.05, 0) is 26.0 Å². The molecule has 0 saturated carbocycles. The van der Waals surface area contributed by atoms with Gasteiger partial charge in [0, 0.05) is 20.6 Å². The highest BCUT2D eigenvalue weighted by atomic mass is 79.9. The van der Waals surface area contributed by atoms with Gasteiger partial charge in [0.25, 0.3) is 0 Å². The Balaban J connectivity index is 3.19. The van der Waals surface area contributed by atoms with Crippen LogP contribution in [0.2, 0.25) is 5.02 Å². The molecule has 0 radical (unpaired) electrons. The molecule has 1 unspecified atom stereocenters. The van der Waals surface area contributed by atoms with Crippen molar-refractivity contribution >= 4 is 27.5 Å². The largest absolute Gasteiger partial charge is 0.323 e. The summed E-state index contributed by atoms with van der Waals surface area (Å²) in [5.74, 6) is 0. The topological polar surface area (TPSA) is 26.0 Å². The van der Waals surface area contributed by atoms with E-state index in [1.165, 1.54) is 0 Å². The van der Waals surface area contributed by atoms with E-state index in [1.54, 1.807) is 32.0 Å². The van der Waals surface area contributed by atoms with Gasteiger partial charge in [-0.3, -0.25) is 0 Å². The van der Waals surface area contributed by atoms with E-state index < -0.39 is 11.7 Å². The van der Waals surface area contributed by atoms with Crippen LogP contribution < -0.4 is 5.73 Å². The van der Waals surface area contributed by atoms with E-state index >= 15 is 0 Å². The molecule has 0 aliphatic carbocycles. The fraction of sp³-hybridized carbons (Fsp3) is 0.400. The van der Waals surface area contributed by atoms with E-state index in [0.29, 0.717) is 15.1 Å². The molecule has 0 heterocycles. The predicted octanol–water partition coefficient (Wildman–Crippen LogP) is 3.85. The summed E-state index contributed by atoms with van der Waals surface area (Å²) >= 11 is 9.17. The van der Waals surface area contributed by atoms with Crippen molar-refractivity contribution in [1.29, 1.82) is 0 Å². The van der Waals surface area contributed by atoms with Crippen molar-refractivity contribution in [2.24, 2.45) is 5.73 Å². The molecule has 0 aliphatic rings. The van der Waals surface area contributed by atoms with Gasteiger partial charge in [0.1, 0.15) is 6.17 Å². The first kappa shape index (κ1) is 12.0. The van der Waals surface area contributed by atoms with E-state index in [1.807, 2.05) is 0 Å². The maximum Gasteiger partial charge on any atom is 0.145 e. The third-order valence-electron chi connectivity index (χ3n) is 1.91. The van der Waals surface area contributed by atoms with Crippen LogP contribution in [0.3, 0.4) is 0 Å². The van der Waals surface area contributed by atoms with Gasteiger partial charge in [-0.25, -0.2) is 4.39 Å². The predicted molar refractivity (Wildman–Crippen MR) is 61.3 cm³/mol.